The number of phenols is 4. The van der Waals surface area contributed by atoms with E-state index in [0.717, 1.165) is 26.9 Å². The molecule has 0 fully saturated rings. The first-order valence-corrected chi connectivity index (χ1v) is 32.9. The molecule has 0 atom stereocenters. The number of fused-ring (bicyclic) bond motifs is 7. The summed E-state index contributed by atoms with van der Waals surface area (Å²) in [5.41, 5.74) is 2.51. The lowest BCUT2D eigenvalue weighted by Gasteiger charge is -2.09. The van der Waals surface area contributed by atoms with Gasteiger partial charge in [0.1, 0.15) is 90.8 Å². The molecule has 0 spiro atoms. The summed E-state index contributed by atoms with van der Waals surface area (Å²) >= 11 is 15.0. The Bertz CT molecular complexity index is 5690. The molecule has 0 bridgehead atoms. The van der Waals surface area contributed by atoms with Crippen LogP contribution in [0.15, 0.2) is 149 Å². The molecular formula is C75H65N15O15S3. The number of Topliss-reactive ketones (excluding diaryl/α,β-unsaturated/α-hetero) is 3. The fourth-order valence-corrected chi connectivity index (χ4v) is 9.95. The predicted molar refractivity (Wildman–Crippen MR) is 415 cm³/mol. The lowest BCUT2D eigenvalue weighted by Crippen LogP contribution is -2.14. The monoisotopic (exact) mass is 1510 g/mol. The summed E-state index contributed by atoms with van der Waals surface area (Å²) < 4.78 is 31.2. The number of ether oxygens (including phenoxy) is 6. The van der Waals surface area contributed by atoms with Crippen LogP contribution in [-0.4, -0.2) is 165 Å². The minimum atomic E-state index is -0.430. The van der Waals surface area contributed by atoms with Crippen molar-refractivity contribution in [3.8, 4) is 64.0 Å². The Morgan fingerprint density at radius 3 is 1.10 bits per heavy atom. The number of carbonyl (C=O) groups is 3. The summed E-state index contributed by atoms with van der Waals surface area (Å²) in [6.45, 7) is 9.31. The number of aromatic nitrogens is 14. The molecule has 7 aromatic carbocycles. The van der Waals surface area contributed by atoms with Gasteiger partial charge in [0, 0.05) is 43.9 Å². The van der Waals surface area contributed by atoms with Crippen LogP contribution in [0.5, 0.6) is 57.9 Å². The van der Waals surface area contributed by atoms with Crippen molar-refractivity contribution in [1.29, 1.82) is 5.26 Å². The van der Waals surface area contributed by atoms with Crippen LogP contribution >= 0.6 is 36.7 Å². The van der Waals surface area contributed by atoms with Gasteiger partial charge in [-0.3, -0.25) is 24.0 Å². The molecule has 0 saturated heterocycles. The van der Waals surface area contributed by atoms with E-state index in [9.17, 15) is 44.4 Å². The average molecular weight is 1510 g/mol. The maximum absolute atomic E-state index is 11.6. The minimum absolute atomic E-state index is 0.0175. The van der Waals surface area contributed by atoms with Crippen molar-refractivity contribution in [3.05, 3.63) is 201 Å². The third-order valence-corrected chi connectivity index (χ3v) is 15.4. The van der Waals surface area contributed by atoms with Crippen LogP contribution in [-0.2, 0) is 0 Å². The number of rotatable bonds is 12. The molecule has 6 N–H and O–H groups in total. The maximum Gasteiger partial charge on any atom is 0.259 e. The summed E-state index contributed by atoms with van der Waals surface area (Å²) in [6, 6.07) is 37.7. The molecule has 14 aromatic rings. The molecule has 7 heterocycles. The number of para-hydroxylation sites is 7. The molecule has 0 aliphatic carbocycles. The van der Waals surface area contributed by atoms with Gasteiger partial charge in [-0.2, -0.15) is 20.2 Å². The van der Waals surface area contributed by atoms with Crippen molar-refractivity contribution >= 4 is 145 Å². The highest BCUT2D eigenvalue weighted by Crippen LogP contribution is 2.33. The van der Waals surface area contributed by atoms with Gasteiger partial charge >= 0.3 is 0 Å². The molecular weight excluding hydrogens is 1450 g/mol. The number of benzene rings is 7. The predicted octanol–water partition coefficient (Wildman–Crippen LogP) is 11.6. The first-order valence-electron chi connectivity index (χ1n) is 31.6. The van der Waals surface area contributed by atoms with Crippen molar-refractivity contribution in [1.82, 2.24) is 69.8 Å². The highest BCUT2D eigenvalue weighted by molar-refractivity contribution is 7.81. The van der Waals surface area contributed by atoms with Gasteiger partial charge in [-0.05, 0) is 93.6 Å². The van der Waals surface area contributed by atoms with E-state index in [2.05, 4.69) is 69.8 Å². The molecule has 33 heteroatoms. The number of carbonyl (C=O) groups excluding carboxylic acids is 3. The molecule has 0 radical (unpaired) electrons. The topological polar surface area (TPSA) is 432 Å². The number of nitrogens with zero attached hydrogens (tertiary/aromatic N) is 13. The summed E-state index contributed by atoms with van der Waals surface area (Å²) in [5.74, 6) is 4.01. The zero-order valence-corrected chi connectivity index (χ0v) is 62.0. The molecule has 0 saturated carbocycles. The average Bonchev–Trinajstić information content (AvgIpc) is 0.884. The van der Waals surface area contributed by atoms with Crippen LogP contribution in [0.1, 0.15) is 96.7 Å². The standard InChI is InChI=1S/C12H12N2O3.C12H12N2O2S.C11H9N3O2.C10H8N2O3.C10H8N2O2S.C10H8N2O2.C10H8N2OS/c1-7(15)11-13-10-8(12(14-11)17-3)5-4-6-9(10)16-2;1-7(17)11-13-10-8(12(14-11)16-3)5-4-6-9(10)15-2;1-15-8-5-3-4-7-10(8)13-9(6-12)14-11(7)16-2;1-5(13)9-11-8-6(10(15)12-9)3-2-4-7(8)14;1-5(15)9-11-8-6(10(14)12-9)3-2-4-7(8)13;1-6(13)10-11-5-7-3-2-4-8(14)9(7)12-10;1-6(14)10-11-5-7-3-2-4-8(13)9(7)12-10/h2*4-6H,1-3H3;3-5H,1-2H3;2-4,14H,1H3,(H,11,12,15);2-4,13H,1H3,(H,11,12,14);2-5,14H,1H3;2-5,13H,1H3. The Morgan fingerprint density at radius 1 is 0.361 bits per heavy atom. The third-order valence-electron chi connectivity index (χ3n) is 14.8. The van der Waals surface area contributed by atoms with E-state index in [1.54, 1.807) is 110 Å². The Morgan fingerprint density at radius 2 is 0.704 bits per heavy atom. The zero-order valence-electron chi connectivity index (χ0n) is 59.6. The van der Waals surface area contributed by atoms with Crippen LogP contribution < -0.4 is 39.5 Å². The van der Waals surface area contributed by atoms with Gasteiger partial charge in [-0.15, -0.1) is 0 Å². The highest BCUT2D eigenvalue weighted by atomic mass is 32.1. The maximum atomic E-state index is 11.6. The fourth-order valence-electron chi connectivity index (χ4n) is 9.66. The first-order chi connectivity index (χ1) is 51.7. The molecule has 548 valence electrons. The number of nitriles is 1. The lowest BCUT2D eigenvalue weighted by atomic mass is 10.2. The number of aromatic hydroxyl groups is 4. The number of methoxy groups -OCH3 is 6. The molecule has 0 aliphatic heterocycles. The zero-order chi connectivity index (χ0) is 78.6. The van der Waals surface area contributed by atoms with Crippen molar-refractivity contribution in [2.24, 2.45) is 0 Å². The van der Waals surface area contributed by atoms with E-state index >= 15 is 0 Å². The van der Waals surface area contributed by atoms with E-state index in [4.69, 9.17) is 70.3 Å². The summed E-state index contributed by atoms with van der Waals surface area (Å²) in [5, 5.41) is 51.2. The summed E-state index contributed by atoms with van der Waals surface area (Å²) in [7, 11) is 9.29. The molecule has 0 amide bonds. The van der Waals surface area contributed by atoms with Gasteiger partial charge in [-0.1, -0.05) is 91.3 Å². The van der Waals surface area contributed by atoms with E-state index in [-0.39, 0.29) is 85.6 Å². The number of nitrogens with one attached hydrogen (secondary N) is 2. The SMILES string of the molecule is CC(=O)c1nc2c(O)cccc2c(=O)[nH]1.CC(=O)c1ncc2cccc(O)c2n1.CC(=S)c1nc2c(O)cccc2c(=O)[nH]1.CC(=S)c1ncc2cccc(O)c2n1.COc1nc(C#N)nc2c(OC)cccc12.COc1nc(C(C)=O)nc2c(OC)cccc12.COc1nc(C(C)=S)nc2c(OC)cccc12. The molecule has 30 nitrogen and oxygen atoms in total. The molecule has 0 unspecified atom stereocenters. The Labute approximate surface area is 629 Å². The Balaban J connectivity index is 0.000000159. The van der Waals surface area contributed by atoms with E-state index < -0.39 is 5.56 Å². The van der Waals surface area contributed by atoms with Gasteiger partial charge in [0.2, 0.25) is 23.5 Å². The summed E-state index contributed by atoms with van der Waals surface area (Å²) in [6.07, 6.45) is 3.19. The van der Waals surface area contributed by atoms with Gasteiger partial charge in [0.15, 0.2) is 46.5 Å². The first kappa shape index (κ1) is 80.0. The molecule has 14 rings (SSSR count). The third kappa shape index (κ3) is 19.2. The van der Waals surface area contributed by atoms with Crippen LogP contribution in [0.3, 0.4) is 0 Å². The van der Waals surface area contributed by atoms with Gasteiger partial charge < -0.3 is 58.8 Å². The number of hydrogen-bond acceptors (Lipinski definition) is 31. The van der Waals surface area contributed by atoms with Crippen LogP contribution in [0.25, 0.3) is 76.3 Å². The fraction of sp³-hybridized carbons (Fsp3) is 0.160. The molecule has 0 aliphatic rings. The van der Waals surface area contributed by atoms with Gasteiger partial charge in [0.25, 0.3) is 11.1 Å². The number of phenolic OH excluding ortho intramolecular Hbond substituents is 4. The highest BCUT2D eigenvalue weighted by Gasteiger charge is 2.18. The van der Waals surface area contributed by atoms with Crippen LogP contribution in [0.4, 0.5) is 0 Å². The van der Waals surface area contributed by atoms with E-state index in [1.165, 1.54) is 65.5 Å². The Hall–Kier alpha value is -13.7. The molecule has 108 heavy (non-hydrogen) atoms. The second kappa shape index (κ2) is 36.6. The quantitative estimate of drug-likeness (QED) is 0.0489. The van der Waals surface area contributed by atoms with Crippen LogP contribution in [0.2, 0.25) is 0 Å². The van der Waals surface area contributed by atoms with Crippen LogP contribution in [0, 0.1) is 11.3 Å². The van der Waals surface area contributed by atoms with Crippen molar-refractivity contribution in [2.75, 3.05) is 42.7 Å². The largest absolute Gasteiger partial charge is 0.506 e. The van der Waals surface area contributed by atoms with E-state index in [0.29, 0.717) is 99.9 Å². The molecule has 7 aromatic heterocycles. The van der Waals surface area contributed by atoms with Crippen molar-refractivity contribution in [3.63, 3.8) is 0 Å². The van der Waals surface area contributed by atoms with E-state index in [1.807, 2.05) is 54.6 Å². The number of aromatic amines is 2. The normalized spacial score (nSPS) is 10.3. The smallest absolute Gasteiger partial charge is 0.259 e. The lowest BCUT2D eigenvalue weighted by molar-refractivity contribution is 0.0995. The number of thiocarbonyl (C=S) groups is 3. The summed E-state index contributed by atoms with van der Waals surface area (Å²) in [4.78, 5) is 112. The van der Waals surface area contributed by atoms with Gasteiger partial charge in [0.05, 0.1) is 84.2 Å². The van der Waals surface area contributed by atoms with Crippen molar-refractivity contribution in [2.45, 2.75) is 41.5 Å². The number of ketones is 3. The second-order valence-electron chi connectivity index (χ2n) is 22.2. The second-order valence-corrected chi connectivity index (χ2v) is 24.0. The van der Waals surface area contributed by atoms with Crippen molar-refractivity contribution < 1.29 is 63.2 Å². The minimum Gasteiger partial charge on any atom is -0.506 e. The Kier molecular flexibility index (Phi) is 27.1. The number of hydrogen-bond donors (Lipinski definition) is 6. The number of H-pyrrole nitrogens is 2. The van der Waals surface area contributed by atoms with Gasteiger partial charge in [-0.25, -0.2) is 44.9 Å².